The molecule has 19 heavy (non-hydrogen) atoms. The molecule has 5 heteroatoms. The molecule has 0 aromatic heterocycles. The summed E-state index contributed by atoms with van der Waals surface area (Å²) in [5, 5.41) is 4.30. The van der Waals surface area contributed by atoms with E-state index in [2.05, 4.69) is 12.2 Å². The van der Waals surface area contributed by atoms with Gasteiger partial charge < -0.3 is 10.2 Å². The van der Waals surface area contributed by atoms with E-state index in [1.165, 1.54) is 0 Å². The van der Waals surface area contributed by atoms with Gasteiger partial charge >= 0.3 is 0 Å². The molecule has 1 heterocycles. The van der Waals surface area contributed by atoms with Crippen molar-refractivity contribution in [2.24, 2.45) is 11.8 Å². The molecule has 1 amide bonds. The lowest BCUT2D eigenvalue weighted by molar-refractivity contribution is -0.135. The van der Waals surface area contributed by atoms with Crippen molar-refractivity contribution in [3.63, 3.8) is 0 Å². The Bertz CT molecular complexity index is 479. The summed E-state index contributed by atoms with van der Waals surface area (Å²) in [5.41, 5.74) is 0.878. The highest BCUT2D eigenvalue weighted by Gasteiger charge is 2.31. The molecule has 1 fully saturated rings. The standard InChI is InChI=1S/C14H18Cl2N2O/c1-9-6-17-7-11(9)14(19)18(2)8-10-4-3-5-12(15)13(10)16/h3-5,9,11,17H,6-8H2,1-2H3/t9-,11-/m1/s1. The highest BCUT2D eigenvalue weighted by molar-refractivity contribution is 6.42. The summed E-state index contributed by atoms with van der Waals surface area (Å²) in [6.45, 7) is 4.25. The molecule has 0 unspecified atom stereocenters. The van der Waals surface area contributed by atoms with Crippen molar-refractivity contribution in [3.05, 3.63) is 33.8 Å². The van der Waals surface area contributed by atoms with Crippen LogP contribution in [0, 0.1) is 11.8 Å². The zero-order valence-corrected chi connectivity index (χ0v) is 12.6. The molecule has 0 bridgehead atoms. The number of halogens is 2. The molecule has 0 radical (unpaired) electrons. The van der Waals surface area contributed by atoms with Crippen LogP contribution in [0.25, 0.3) is 0 Å². The number of rotatable bonds is 3. The number of benzene rings is 1. The Morgan fingerprint density at radius 3 is 2.79 bits per heavy atom. The molecule has 1 saturated heterocycles. The Morgan fingerprint density at radius 1 is 1.42 bits per heavy atom. The Kier molecular flexibility index (Phi) is 4.71. The molecule has 1 aliphatic rings. The number of hydrogen-bond donors (Lipinski definition) is 1. The van der Waals surface area contributed by atoms with Crippen LogP contribution in [-0.2, 0) is 11.3 Å². The Balaban J connectivity index is 2.06. The molecule has 1 aromatic rings. The van der Waals surface area contributed by atoms with Gasteiger partial charge in [0.1, 0.15) is 0 Å². The van der Waals surface area contributed by atoms with Crippen LogP contribution < -0.4 is 5.32 Å². The van der Waals surface area contributed by atoms with Crippen molar-refractivity contribution >= 4 is 29.1 Å². The minimum absolute atomic E-state index is 0.0583. The van der Waals surface area contributed by atoms with Crippen LogP contribution >= 0.6 is 23.2 Å². The summed E-state index contributed by atoms with van der Waals surface area (Å²) in [6, 6.07) is 5.49. The van der Waals surface area contributed by atoms with Crippen LogP contribution in [0.2, 0.25) is 10.0 Å². The number of nitrogens with zero attached hydrogens (tertiary/aromatic N) is 1. The summed E-state index contributed by atoms with van der Waals surface area (Å²) >= 11 is 12.1. The fraction of sp³-hybridized carbons (Fsp3) is 0.500. The van der Waals surface area contributed by atoms with Crippen LogP contribution in [0.1, 0.15) is 12.5 Å². The first-order chi connectivity index (χ1) is 9.00. The number of carbonyl (C=O) groups excluding carboxylic acids is 1. The molecule has 3 nitrogen and oxygen atoms in total. The maximum atomic E-state index is 12.4. The van der Waals surface area contributed by atoms with Crippen LogP contribution in [0.4, 0.5) is 0 Å². The second-order valence-corrected chi connectivity index (χ2v) is 5.93. The number of carbonyl (C=O) groups is 1. The van der Waals surface area contributed by atoms with Crippen LogP contribution in [0.3, 0.4) is 0 Å². The summed E-state index contributed by atoms with van der Waals surface area (Å²) in [4.78, 5) is 14.1. The molecule has 0 aliphatic carbocycles. The molecular formula is C14H18Cl2N2O. The van der Waals surface area contributed by atoms with Gasteiger partial charge in [0.2, 0.25) is 5.91 Å². The quantitative estimate of drug-likeness (QED) is 0.931. The summed E-state index contributed by atoms with van der Waals surface area (Å²) in [7, 11) is 1.81. The van der Waals surface area contributed by atoms with E-state index in [1.807, 2.05) is 19.2 Å². The average Bonchev–Trinajstić information content (AvgIpc) is 2.80. The summed E-state index contributed by atoms with van der Waals surface area (Å²) in [5.74, 6) is 0.598. The van der Waals surface area contributed by atoms with E-state index < -0.39 is 0 Å². The van der Waals surface area contributed by atoms with Gasteiger partial charge in [0.05, 0.1) is 16.0 Å². The Labute approximate surface area is 123 Å². The normalized spacial score (nSPS) is 22.5. The highest BCUT2D eigenvalue weighted by atomic mass is 35.5. The van der Waals surface area contributed by atoms with Gasteiger partial charge in [0, 0.05) is 20.1 Å². The molecule has 2 atom stereocenters. The number of nitrogens with one attached hydrogen (secondary N) is 1. The second-order valence-electron chi connectivity index (χ2n) is 5.15. The first-order valence-corrected chi connectivity index (χ1v) is 7.15. The predicted octanol–water partition coefficient (Wildman–Crippen LogP) is 2.81. The third-order valence-corrected chi connectivity index (χ3v) is 4.51. The van der Waals surface area contributed by atoms with Gasteiger partial charge in [-0.25, -0.2) is 0 Å². The van der Waals surface area contributed by atoms with E-state index in [0.29, 0.717) is 22.5 Å². The average molecular weight is 301 g/mol. The Hall–Kier alpha value is -0.770. The van der Waals surface area contributed by atoms with Crippen molar-refractivity contribution in [3.8, 4) is 0 Å². The van der Waals surface area contributed by atoms with E-state index in [4.69, 9.17) is 23.2 Å². The molecule has 2 rings (SSSR count). The molecule has 1 aliphatic heterocycles. The first kappa shape index (κ1) is 14.6. The third-order valence-electron chi connectivity index (χ3n) is 3.65. The van der Waals surface area contributed by atoms with E-state index in [0.717, 1.165) is 18.7 Å². The zero-order valence-electron chi connectivity index (χ0n) is 11.1. The Morgan fingerprint density at radius 2 is 2.16 bits per heavy atom. The van der Waals surface area contributed by atoms with Crippen LogP contribution in [0.5, 0.6) is 0 Å². The van der Waals surface area contributed by atoms with Gasteiger partial charge in [0.15, 0.2) is 0 Å². The van der Waals surface area contributed by atoms with Gasteiger partial charge in [-0.1, -0.05) is 42.3 Å². The SMILES string of the molecule is C[C@@H]1CNC[C@H]1C(=O)N(C)Cc1cccc(Cl)c1Cl. The van der Waals surface area contributed by atoms with Gasteiger partial charge in [-0.05, 0) is 24.1 Å². The topological polar surface area (TPSA) is 32.3 Å². The third kappa shape index (κ3) is 3.22. The van der Waals surface area contributed by atoms with Crippen molar-refractivity contribution in [1.29, 1.82) is 0 Å². The number of hydrogen-bond acceptors (Lipinski definition) is 2. The minimum atomic E-state index is 0.0583. The lowest BCUT2D eigenvalue weighted by Crippen LogP contribution is -2.35. The number of amides is 1. The van der Waals surface area contributed by atoms with Crippen molar-refractivity contribution in [2.45, 2.75) is 13.5 Å². The van der Waals surface area contributed by atoms with Crippen molar-refractivity contribution < 1.29 is 4.79 Å². The van der Waals surface area contributed by atoms with Gasteiger partial charge in [-0.2, -0.15) is 0 Å². The fourth-order valence-electron chi connectivity index (χ4n) is 2.43. The van der Waals surface area contributed by atoms with Crippen molar-refractivity contribution in [2.75, 3.05) is 20.1 Å². The van der Waals surface area contributed by atoms with E-state index in [-0.39, 0.29) is 11.8 Å². The highest BCUT2D eigenvalue weighted by Crippen LogP contribution is 2.27. The maximum absolute atomic E-state index is 12.4. The van der Waals surface area contributed by atoms with Crippen LogP contribution in [-0.4, -0.2) is 30.9 Å². The molecule has 0 saturated carbocycles. The minimum Gasteiger partial charge on any atom is -0.341 e. The van der Waals surface area contributed by atoms with Gasteiger partial charge in [0.25, 0.3) is 0 Å². The van der Waals surface area contributed by atoms with Crippen LogP contribution in [0.15, 0.2) is 18.2 Å². The summed E-state index contributed by atoms with van der Waals surface area (Å²) in [6.07, 6.45) is 0. The van der Waals surface area contributed by atoms with Gasteiger partial charge in [-0.3, -0.25) is 4.79 Å². The van der Waals surface area contributed by atoms with E-state index in [1.54, 1.807) is 11.0 Å². The summed E-state index contributed by atoms with van der Waals surface area (Å²) < 4.78 is 0. The molecule has 104 valence electrons. The smallest absolute Gasteiger partial charge is 0.227 e. The monoisotopic (exact) mass is 300 g/mol. The van der Waals surface area contributed by atoms with Crippen molar-refractivity contribution in [1.82, 2.24) is 10.2 Å². The first-order valence-electron chi connectivity index (χ1n) is 6.39. The largest absolute Gasteiger partial charge is 0.341 e. The molecule has 1 N–H and O–H groups in total. The van der Waals surface area contributed by atoms with E-state index in [9.17, 15) is 4.79 Å². The second kappa shape index (κ2) is 6.12. The predicted molar refractivity (Wildman–Crippen MR) is 78.5 cm³/mol. The molecule has 0 spiro atoms. The maximum Gasteiger partial charge on any atom is 0.227 e. The zero-order chi connectivity index (χ0) is 14.0. The molecular weight excluding hydrogens is 283 g/mol. The fourth-order valence-corrected chi connectivity index (χ4v) is 2.81. The lowest BCUT2D eigenvalue weighted by atomic mass is 9.96. The molecule has 1 aromatic carbocycles. The van der Waals surface area contributed by atoms with Gasteiger partial charge in [-0.15, -0.1) is 0 Å². The van der Waals surface area contributed by atoms with E-state index >= 15 is 0 Å². The lowest BCUT2D eigenvalue weighted by Gasteiger charge is -2.23.